The van der Waals surface area contributed by atoms with Crippen LogP contribution < -0.4 is 5.56 Å². The van der Waals surface area contributed by atoms with Crippen molar-refractivity contribution in [3.8, 4) is 0 Å². The molecule has 4 aliphatic carbocycles. The maximum atomic E-state index is 15.0. The minimum absolute atomic E-state index is 0.0218. The Morgan fingerprint density at radius 3 is 2.46 bits per heavy atom. The number of nitrogens with zero attached hydrogens (tertiary/aromatic N) is 3. The van der Waals surface area contributed by atoms with Gasteiger partial charge in [-0.3, -0.25) is 14.4 Å². The number of fused-ring (bicyclic) bond motifs is 6. The Morgan fingerprint density at radius 1 is 0.907 bits per heavy atom. The minimum Gasteiger partial charge on any atom is -0.393 e. The van der Waals surface area contributed by atoms with Crippen LogP contribution in [0.3, 0.4) is 0 Å². The van der Waals surface area contributed by atoms with Gasteiger partial charge < -0.3 is 24.4 Å². The third-order valence-electron chi connectivity index (χ3n) is 14.7. The quantitative estimate of drug-likeness (QED) is 0.268. The Kier molecular flexibility index (Phi) is 10.4. The van der Waals surface area contributed by atoms with Crippen LogP contribution in [0.5, 0.6) is 0 Å². The summed E-state index contributed by atoms with van der Waals surface area (Å²) in [7, 11) is 0. The predicted octanol–water partition coefficient (Wildman–Crippen LogP) is 5.74. The van der Waals surface area contributed by atoms with Gasteiger partial charge in [-0.25, -0.2) is 9.49 Å². The second-order valence-electron chi connectivity index (χ2n) is 17.3. The van der Waals surface area contributed by atoms with Gasteiger partial charge in [-0.05, 0) is 116 Å². The van der Waals surface area contributed by atoms with Gasteiger partial charge in [0, 0.05) is 38.0 Å². The summed E-state index contributed by atoms with van der Waals surface area (Å²) in [6, 6.07) is 11.7. The number of hydrogen-bond donors (Lipinski definition) is 2. The number of H-pyrrole nitrogens is 1. The molecule has 8 rings (SSSR count). The van der Waals surface area contributed by atoms with Crippen LogP contribution in [0.15, 0.2) is 47.3 Å². The summed E-state index contributed by atoms with van der Waals surface area (Å²) >= 11 is 0. The summed E-state index contributed by atoms with van der Waals surface area (Å²) in [5, 5.41) is 18.3. The molecule has 10 nitrogen and oxygen atoms in total. The number of aliphatic hydroxyl groups is 1. The topological polar surface area (TPSA) is 125 Å². The van der Waals surface area contributed by atoms with E-state index in [1.807, 2.05) is 12.1 Å². The van der Waals surface area contributed by atoms with Crippen molar-refractivity contribution in [2.24, 2.45) is 34.5 Å². The predicted molar refractivity (Wildman–Crippen MR) is 202 cm³/mol. The molecule has 11 heteroatoms. The zero-order valence-corrected chi connectivity index (χ0v) is 31.7. The van der Waals surface area contributed by atoms with E-state index in [1.165, 1.54) is 44.6 Å². The maximum absolute atomic E-state index is 15.0. The number of aliphatic hydroxyl groups excluding tert-OH is 1. The van der Waals surface area contributed by atoms with E-state index in [4.69, 9.17) is 9.47 Å². The molecule has 54 heavy (non-hydrogen) atoms. The Hall–Kier alpha value is -3.67. The third-order valence-corrected chi connectivity index (χ3v) is 14.7. The van der Waals surface area contributed by atoms with Crippen molar-refractivity contribution < 1.29 is 28.6 Å². The van der Waals surface area contributed by atoms with Gasteiger partial charge in [0.15, 0.2) is 0 Å². The second kappa shape index (κ2) is 15.1. The molecule has 2 N–H and O–H groups in total. The van der Waals surface area contributed by atoms with Gasteiger partial charge in [0.05, 0.1) is 42.1 Å². The maximum Gasteiger partial charge on any atom is 0.272 e. The summed E-state index contributed by atoms with van der Waals surface area (Å²) in [4.78, 5) is 42.0. The van der Waals surface area contributed by atoms with Crippen LogP contribution in [0, 0.1) is 40.3 Å². The van der Waals surface area contributed by atoms with Crippen LogP contribution in [0.25, 0.3) is 10.8 Å². The first-order valence-electron chi connectivity index (χ1n) is 20.2. The highest BCUT2D eigenvalue weighted by Crippen LogP contribution is 2.66. The van der Waals surface area contributed by atoms with Crippen molar-refractivity contribution in [3.05, 3.63) is 75.5 Å². The van der Waals surface area contributed by atoms with Crippen molar-refractivity contribution in [3.63, 3.8) is 0 Å². The number of piperazine rings is 1. The van der Waals surface area contributed by atoms with E-state index in [0.717, 1.165) is 31.1 Å². The van der Waals surface area contributed by atoms with Crippen LogP contribution in [0.1, 0.15) is 93.3 Å². The Labute approximate surface area is 316 Å². The van der Waals surface area contributed by atoms with Crippen molar-refractivity contribution in [1.82, 2.24) is 20.0 Å². The van der Waals surface area contributed by atoms with E-state index in [9.17, 15) is 23.9 Å². The molecule has 8 atom stereocenters. The number of aromatic amines is 1. The van der Waals surface area contributed by atoms with Gasteiger partial charge in [-0.2, -0.15) is 5.10 Å². The number of ether oxygens (including phenoxy) is 2. The molecule has 1 aliphatic heterocycles. The molecule has 1 aromatic heterocycles. The van der Waals surface area contributed by atoms with Crippen LogP contribution in [-0.2, 0) is 20.7 Å². The van der Waals surface area contributed by atoms with Gasteiger partial charge in [0.25, 0.3) is 11.5 Å². The first kappa shape index (κ1) is 37.3. The standard InChI is InChI=1S/C43H55FN4O6/c1-42-15-13-29(49)25-28(42)8-9-32-34-10-12-38(43(34,2)16-14-35(32)42)54-22-21-53-26-39(50)47-17-19-48(20-18-47)41(52)33-23-27(7-11-36(33)44)24-37-30-5-3-4-6-31(30)40(51)46-45-37/h3-7,11,23,28-29,32,34-35,38,49H,8-10,12-22,24-26H2,1-2H3,(H,46,51)/t28-,29?,32-,34-,35-,38-,42-,43-/m1/s1. The molecule has 2 aromatic carbocycles. The van der Waals surface area contributed by atoms with E-state index in [2.05, 4.69) is 24.0 Å². The van der Waals surface area contributed by atoms with Crippen molar-refractivity contribution in [2.75, 3.05) is 46.0 Å². The molecular formula is C43H55FN4O6. The number of benzene rings is 2. The summed E-state index contributed by atoms with van der Waals surface area (Å²) in [5.41, 5.74) is 1.59. The van der Waals surface area contributed by atoms with Gasteiger partial charge in [-0.15, -0.1) is 0 Å². The monoisotopic (exact) mass is 742 g/mol. The first-order chi connectivity index (χ1) is 26.0. The lowest BCUT2D eigenvalue weighted by molar-refractivity contribution is -0.145. The molecule has 3 aromatic rings. The number of nitrogens with one attached hydrogen (secondary N) is 1. The fraction of sp³-hybridized carbons (Fsp3) is 0.628. The van der Waals surface area contributed by atoms with Crippen molar-refractivity contribution in [1.29, 1.82) is 0 Å². The highest BCUT2D eigenvalue weighted by Gasteiger charge is 2.60. The lowest BCUT2D eigenvalue weighted by Gasteiger charge is -2.60. The normalized spacial score (nSPS) is 32.2. The Morgan fingerprint density at radius 2 is 1.65 bits per heavy atom. The van der Waals surface area contributed by atoms with E-state index in [1.54, 1.807) is 34.1 Å². The molecule has 0 spiro atoms. The van der Waals surface area contributed by atoms with Crippen LogP contribution in [-0.4, -0.2) is 95.1 Å². The number of hydrogen-bond acceptors (Lipinski definition) is 7. The van der Waals surface area contributed by atoms with Crippen molar-refractivity contribution in [2.45, 2.75) is 90.3 Å². The highest BCUT2D eigenvalue weighted by molar-refractivity contribution is 5.95. The molecule has 0 bridgehead atoms. The second-order valence-corrected chi connectivity index (χ2v) is 17.3. The summed E-state index contributed by atoms with van der Waals surface area (Å²) < 4.78 is 27.3. The summed E-state index contributed by atoms with van der Waals surface area (Å²) in [6.45, 7) is 7.08. The van der Waals surface area contributed by atoms with Crippen LogP contribution in [0.4, 0.5) is 4.39 Å². The zero-order valence-electron chi connectivity index (χ0n) is 31.7. The van der Waals surface area contributed by atoms with Crippen LogP contribution in [0.2, 0.25) is 0 Å². The minimum atomic E-state index is -0.602. The lowest BCUT2D eigenvalue weighted by atomic mass is 9.45. The molecule has 2 heterocycles. The number of aromatic nitrogens is 2. The molecular weight excluding hydrogens is 687 g/mol. The lowest BCUT2D eigenvalue weighted by Crippen LogP contribution is -2.54. The molecule has 2 amide bonds. The fourth-order valence-corrected chi connectivity index (χ4v) is 11.6. The largest absolute Gasteiger partial charge is 0.393 e. The number of carbonyl (C=O) groups is 2. The summed E-state index contributed by atoms with van der Waals surface area (Å²) in [6.07, 6.45) is 10.9. The van der Waals surface area contributed by atoms with Gasteiger partial charge >= 0.3 is 0 Å². The highest BCUT2D eigenvalue weighted by atomic mass is 19.1. The molecule has 5 fully saturated rings. The number of rotatable bonds is 9. The smallest absolute Gasteiger partial charge is 0.272 e. The fourth-order valence-electron chi connectivity index (χ4n) is 11.6. The molecule has 290 valence electrons. The van der Waals surface area contributed by atoms with E-state index in [0.29, 0.717) is 85.1 Å². The van der Waals surface area contributed by atoms with Crippen LogP contribution >= 0.6 is 0 Å². The average molecular weight is 743 g/mol. The SMILES string of the molecule is C[C@@]12CCC(O)C[C@H]1CC[C@H]1[C@H]2CC[C@]2(C)[C@@H]1CC[C@H]2OCCOCC(=O)N1CCN(C(=O)c2cc(Cc3n[nH]c(=O)c4ccccc34)ccc2F)CC1. The van der Waals surface area contributed by atoms with Gasteiger partial charge in [0.1, 0.15) is 12.4 Å². The van der Waals surface area contributed by atoms with E-state index in [-0.39, 0.29) is 41.3 Å². The molecule has 0 radical (unpaired) electrons. The Balaban J connectivity index is 0.781. The van der Waals surface area contributed by atoms with E-state index < -0.39 is 11.7 Å². The molecule has 4 saturated carbocycles. The molecule has 5 aliphatic rings. The molecule has 1 saturated heterocycles. The third kappa shape index (κ3) is 6.89. The number of amides is 2. The summed E-state index contributed by atoms with van der Waals surface area (Å²) in [5.74, 6) is 1.74. The zero-order chi connectivity index (χ0) is 37.6. The first-order valence-corrected chi connectivity index (χ1v) is 20.2. The van der Waals surface area contributed by atoms with Gasteiger partial charge in [-0.1, -0.05) is 38.1 Å². The number of halogens is 1. The average Bonchev–Trinajstić information content (AvgIpc) is 3.52. The van der Waals surface area contributed by atoms with Gasteiger partial charge in [0.2, 0.25) is 5.91 Å². The van der Waals surface area contributed by atoms with Crippen molar-refractivity contribution >= 4 is 22.6 Å². The van der Waals surface area contributed by atoms with E-state index >= 15 is 0 Å². The Bertz CT molecular complexity index is 1930. The number of carbonyl (C=O) groups excluding carboxylic acids is 2. The molecule has 1 unspecified atom stereocenters.